The molecule has 0 saturated heterocycles. The largest absolute Gasteiger partial charge is 0.501 e. The van der Waals surface area contributed by atoms with Gasteiger partial charge in [0.15, 0.2) is 11.6 Å². The number of allylic oxidation sites excluding steroid dienone is 1. The van der Waals surface area contributed by atoms with Crippen LogP contribution in [0.15, 0.2) is 42.8 Å². The summed E-state index contributed by atoms with van der Waals surface area (Å²) in [5, 5.41) is 3.25. The van der Waals surface area contributed by atoms with E-state index in [4.69, 9.17) is 15.2 Å². The topological polar surface area (TPSA) is 82.3 Å². The maximum atomic E-state index is 5.90. The number of aromatic nitrogens is 2. The van der Waals surface area contributed by atoms with Crippen LogP contribution in [0.25, 0.3) is 0 Å². The second-order valence-electron chi connectivity index (χ2n) is 5.75. The van der Waals surface area contributed by atoms with Gasteiger partial charge in [0, 0.05) is 13.0 Å². The first-order valence-corrected chi connectivity index (χ1v) is 8.41. The molecule has 1 aromatic carbocycles. The average Bonchev–Trinajstić information content (AvgIpc) is 2.61. The van der Waals surface area contributed by atoms with E-state index in [2.05, 4.69) is 34.9 Å². The second kappa shape index (κ2) is 9.52. The van der Waals surface area contributed by atoms with Crippen molar-refractivity contribution in [1.82, 2.24) is 9.97 Å². The van der Waals surface area contributed by atoms with Crippen LogP contribution in [0, 0.1) is 0 Å². The number of hydrogen-bond donors (Lipinski definition) is 2. The van der Waals surface area contributed by atoms with Gasteiger partial charge in [-0.25, -0.2) is 4.98 Å². The van der Waals surface area contributed by atoms with Gasteiger partial charge in [-0.05, 0) is 17.5 Å². The minimum Gasteiger partial charge on any atom is -0.501 e. The van der Waals surface area contributed by atoms with E-state index >= 15 is 0 Å². The normalized spacial score (nSPS) is 10.3. The molecule has 0 fully saturated rings. The van der Waals surface area contributed by atoms with Gasteiger partial charge in [0.05, 0.1) is 19.1 Å². The molecule has 1 heterocycles. The van der Waals surface area contributed by atoms with Gasteiger partial charge in [-0.3, -0.25) is 0 Å². The fourth-order valence-electron chi connectivity index (χ4n) is 2.29. The van der Waals surface area contributed by atoms with Gasteiger partial charge in [0.1, 0.15) is 6.61 Å². The van der Waals surface area contributed by atoms with Crippen LogP contribution in [0.4, 0.5) is 11.8 Å². The lowest BCUT2D eigenvalue weighted by Crippen LogP contribution is -2.08. The Morgan fingerprint density at radius 3 is 2.88 bits per heavy atom. The van der Waals surface area contributed by atoms with Crippen molar-refractivity contribution < 1.29 is 9.47 Å². The molecule has 6 nitrogen and oxygen atoms in total. The Bertz CT molecular complexity index is 704. The fraction of sp³-hybridized carbons (Fsp3) is 0.368. The van der Waals surface area contributed by atoms with Crippen molar-refractivity contribution >= 4 is 11.8 Å². The third-order valence-electron chi connectivity index (χ3n) is 3.67. The molecule has 0 spiro atoms. The van der Waals surface area contributed by atoms with Gasteiger partial charge >= 0.3 is 0 Å². The van der Waals surface area contributed by atoms with Crippen molar-refractivity contribution in [3.63, 3.8) is 0 Å². The minimum absolute atomic E-state index is 0.228. The average molecular weight is 342 g/mol. The molecule has 0 aliphatic rings. The second-order valence-corrected chi connectivity index (χ2v) is 5.75. The molecule has 2 aromatic rings. The van der Waals surface area contributed by atoms with Gasteiger partial charge in [0.25, 0.3) is 0 Å². The van der Waals surface area contributed by atoms with Crippen LogP contribution < -0.4 is 15.8 Å². The van der Waals surface area contributed by atoms with Crippen molar-refractivity contribution in [3.05, 3.63) is 53.9 Å². The van der Waals surface area contributed by atoms with E-state index in [1.54, 1.807) is 13.3 Å². The Hall–Kier alpha value is -2.76. The molecule has 2 rings (SSSR count). The number of unbranched alkanes of at least 4 members (excludes halogenated alkanes) is 1. The molecule has 0 aliphatic heterocycles. The lowest BCUT2D eigenvalue weighted by atomic mass is 10.1. The molecule has 0 atom stereocenters. The number of nitrogens with one attached hydrogen (secondary N) is 1. The molecule has 3 N–H and O–H groups in total. The zero-order valence-corrected chi connectivity index (χ0v) is 14.9. The molecular formula is C19H26N4O2. The van der Waals surface area contributed by atoms with Crippen LogP contribution in [0.1, 0.15) is 30.9 Å². The first-order valence-electron chi connectivity index (χ1n) is 8.41. The highest BCUT2D eigenvalue weighted by molar-refractivity contribution is 5.51. The summed E-state index contributed by atoms with van der Waals surface area (Å²) in [7, 11) is 1.63. The highest BCUT2D eigenvalue weighted by Gasteiger charge is 2.08. The number of nitrogens with zero attached hydrogens (tertiary/aromatic N) is 2. The van der Waals surface area contributed by atoms with Crippen LogP contribution in [-0.4, -0.2) is 23.6 Å². The first-order chi connectivity index (χ1) is 12.1. The highest BCUT2D eigenvalue weighted by Crippen LogP contribution is 2.23. The summed E-state index contributed by atoms with van der Waals surface area (Å²) < 4.78 is 11.0. The van der Waals surface area contributed by atoms with Crippen LogP contribution in [0.5, 0.6) is 5.75 Å². The highest BCUT2D eigenvalue weighted by atomic mass is 16.5. The summed E-state index contributed by atoms with van der Waals surface area (Å²) >= 11 is 0. The number of nitrogen functional groups attached to an aromatic ring is 1. The standard InChI is InChI=1S/C19H26N4O2/c1-4-5-9-21-18-17(12-22-19(20)23-18)25-13-16-8-6-7-15(11-16)10-14(2)24-3/h6-8,11-12H,2,4-5,9-10,13H2,1,3H3,(H3,20,21,22,23). The van der Waals surface area contributed by atoms with Crippen LogP contribution >= 0.6 is 0 Å². The molecule has 0 bridgehead atoms. The van der Waals surface area contributed by atoms with E-state index in [-0.39, 0.29) is 5.95 Å². The number of rotatable bonds is 10. The number of ether oxygens (including phenoxy) is 2. The van der Waals surface area contributed by atoms with Crippen LogP contribution in [-0.2, 0) is 17.8 Å². The summed E-state index contributed by atoms with van der Waals surface area (Å²) in [6, 6.07) is 8.13. The van der Waals surface area contributed by atoms with E-state index in [1.807, 2.05) is 18.2 Å². The molecule has 134 valence electrons. The number of nitrogens with two attached hydrogens (primary N) is 1. The van der Waals surface area contributed by atoms with Gasteiger partial charge in [-0.2, -0.15) is 4.98 Å². The van der Waals surface area contributed by atoms with Crippen molar-refractivity contribution in [1.29, 1.82) is 0 Å². The molecule has 0 saturated carbocycles. The monoisotopic (exact) mass is 342 g/mol. The molecule has 1 aromatic heterocycles. The quantitative estimate of drug-likeness (QED) is 0.507. The van der Waals surface area contributed by atoms with Crippen LogP contribution in [0.2, 0.25) is 0 Å². The predicted molar refractivity (Wildman–Crippen MR) is 100 cm³/mol. The minimum atomic E-state index is 0.228. The van der Waals surface area contributed by atoms with E-state index in [0.717, 1.165) is 36.3 Å². The Morgan fingerprint density at radius 2 is 2.12 bits per heavy atom. The maximum absolute atomic E-state index is 5.90. The fourth-order valence-corrected chi connectivity index (χ4v) is 2.29. The number of anilines is 2. The van der Waals surface area contributed by atoms with E-state index in [1.165, 1.54) is 0 Å². The Morgan fingerprint density at radius 1 is 1.32 bits per heavy atom. The van der Waals surface area contributed by atoms with E-state index in [9.17, 15) is 0 Å². The zero-order chi connectivity index (χ0) is 18.1. The lowest BCUT2D eigenvalue weighted by molar-refractivity contribution is 0.285. The van der Waals surface area contributed by atoms with Gasteiger partial charge in [0.2, 0.25) is 5.95 Å². The summed E-state index contributed by atoms with van der Waals surface area (Å²) in [4.78, 5) is 8.25. The lowest BCUT2D eigenvalue weighted by Gasteiger charge is -2.13. The van der Waals surface area contributed by atoms with Crippen molar-refractivity contribution in [2.45, 2.75) is 32.8 Å². The van der Waals surface area contributed by atoms with Gasteiger partial charge in [-0.15, -0.1) is 0 Å². The smallest absolute Gasteiger partial charge is 0.222 e. The zero-order valence-electron chi connectivity index (χ0n) is 14.9. The molecule has 25 heavy (non-hydrogen) atoms. The van der Waals surface area contributed by atoms with E-state index < -0.39 is 0 Å². The van der Waals surface area contributed by atoms with Crippen molar-refractivity contribution in [2.24, 2.45) is 0 Å². The molecule has 0 aliphatic carbocycles. The van der Waals surface area contributed by atoms with Gasteiger partial charge < -0.3 is 20.5 Å². The molecule has 6 heteroatoms. The van der Waals surface area contributed by atoms with Gasteiger partial charge in [-0.1, -0.05) is 44.2 Å². The van der Waals surface area contributed by atoms with Crippen molar-refractivity contribution in [3.8, 4) is 5.75 Å². The Labute approximate surface area is 149 Å². The number of hydrogen-bond acceptors (Lipinski definition) is 6. The summed E-state index contributed by atoms with van der Waals surface area (Å²) in [6.45, 7) is 7.23. The third kappa shape index (κ3) is 5.99. The summed E-state index contributed by atoms with van der Waals surface area (Å²) in [5.74, 6) is 2.18. The Balaban J connectivity index is 2.03. The third-order valence-corrected chi connectivity index (χ3v) is 3.67. The molecule has 0 radical (unpaired) electrons. The number of benzene rings is 1. The number of methoxy groups -OCH3 is 1. The van der Waals surface area contributed by atoms with Crippen LogP contribution in [0.3, 0.4) is 0 Å². The SMILES string of the molecule is C=C(Cc1cccc(COc2cnc(N)nc2NCCCC)c1)OC. The van der Waals surface area contributed by atoms with Crippen molar-refractivity contribution in [2.75, 3.05) is 24.7 Å². The van der Waals surface area contributed by atoms with E-state index in [0.29, 0.717) is 24.6 Å². The molecular weight excluding hydrogens is 316 g/mol. The Kier molecular flexibility index (Phi) is 7.07. The molecule has 0 amide bonds. The summed E-state index contributed by atoms with van der Waals surface area (Å²) in [5.41, 5.74) is 7.86. The predicted octanol–water partition coefficient (Wildman–Crippen LogP) is 3.55. The maximum Gasteiger partial charge on any atom is 0.222 e. The summed E-state index contributed by atoms with van der Waals surface area (Å²) in [6.07, 6.45) is 4.43. The molecule has 0 unspecified atom stereocenters. The first kappa shape index (κ1) is 18.6.